The lowest BCUT2D eigenvalue weighted by molar-refractivity contribution is 0.602. The average molecular weight is 323 g/mol. The second-order valence-electron chi connectivity index (χ2n) is 6.38. The van der Waals surface area contributed by atoms with Gasteiger partial charge in [-0.25, -0.2) is 8.42 Å². The van der Waals surface area contributed by atoms with Crippen LogP contribution in [0, 0.1) is 5.41 Å². The van der Waals surface area contributed by atoms with E-state index in [4.69, 9.17) is 0 Å². The lowest BCUT2D eigenvalue weighted by Gasteiger charge is -2.10. The van der Waals surface area contributed by atoms with E-state index in [0.29, 0.717) is 4.90 Å². The summed E-state index contributed by atoms with van der Waals surface area (Å²) in [5, 5.41) is 0. The Kier molecular flexibility index (Phi) is 3.07. The number of hydrogen-bond acceptors (Lipinski definition) is 3. The molecule has 4 heteroatoms. The first kappa shape index (κ1) is 14.4. The van der Waals surface area contributed by atoms with Gasteiger partial charge in [-0.2, -0.15) is 0 Å². The van der Waals surface area contributed by atoms with Gasteiger partial charge in [0.25, 0.3) is 0 Å². The molecule has 1 aromatic carbocycles. The monoisotopic (exact) mass is 323 g/mol. The minimum atomic E-state index is -3.16. The smallest absolute Gasteiger partial charge is 0.175 e. The van der Waals surface area contributed by atoms with Crippen LogP contribution in [0.3, 0.4) is 0 Å². The van der Waals surface area contributed by atoms with Gasteiger partial charge in [-0.3, -0.25) is 4.98 Å². The second kappa shape index (κ2) is 4.90. The molecule has 4 rings (SSSR count). The maximum Gasteiger partial charge on any atom is 0.175 e. The third-order valence-electron chi connectivity index (χ3n) is 4.57. The Morgan fingerprint density at radius 2 is 1.39 bits per heavy atom. The highest BCUT2D eigenvalue weighted by molar-refractivity contribution is 7.90. The molecule has 1 spiro atoms. The molecule has 2 aliphatic carbocycles. The number of sulfone groups is 1. The summed E-state index contributed by atoms with van der Waals surface area (Å²) in [4.78, 5) is 4.45. The third-order valence-corrected chi connectivity index (χ3v) is 5.69. The first-order valence-corrected chi connectivity index (χ1v) is 9.53. The number of pyridine rings is 1. The van der Waals surface area contributed by atoms with Gasteiger partial charge in [-0.05, 0) is 59.4 Å². The summed E-state index contributed by atoms with van der Waals surface area (Å²) in [5.41, 5.74) is 4.83. The normalized spacial score (nSPS) is 18.7. The molecule has 2 aromatic rings. The lowest BCUT2D eigenvalue weighted by atomic mass is 9.96. The molecule has 116 valence electrons. The molecule has 1 heterocycles. The maximum absolute atomic E-state index is 11.6. The van der Waals surface area contributed by atoms with Crippen LogP contribution < -0.4 is 0 Å². The molecule has 3 nitrogen and oxygen atoms in total. The van der Waals surface area contributed by atoms with Crippen LogP contribution in [0.4, 0.5) is 0 Å². The van der Waals surface area contributed by atoms with E-state index in [1.807, 2.05) is 24.3 Å². The van der Waals surface area contributed by atoms with Crippen molar-refractivity contribution in [2.24, 2.45) is 5.41 Å². The topological polar surface area (TPSA) is 47.0 Å². The fourth-order valence-electron chi connectivity index (χ4n) is 3.10. The van der Waals surface area contributed by atoms with Crippen molar-refractivity contribution in [1.29, 1.82) is 0 Å². The van der Waals surface area contributed by atoms with Gasteiger partial charge < -0.3 is 0 Å². The molecule has 0 bridgehead atoms. The molecule has 23 heavy (non-hydrogen) atoms. The van der Waals surface area contributed by atoms with Gasteiger partial charge in [0.15, 0.2) is 9.84 Å². The van der Waals surface area contributed by atoms with Crippen molar-refractivity contribution < 1.29 is 8.42 Å². The van der Waals surface area contributed by atoms with Crippen molar-refractivity contribution in [1.82, 2.24) is 4.98 Å². The Morgan fingerprint density at radius 1 is 0.870 bits per heavy atom. The van der Waals surface area contributed by atoms with Crippen molar-refractivity contribution in [3.63, 3.8) is 0 Å². The molecule has 1 saturated carbocycles. The van der Waals surface area contributed by atoms with E-state index < -0.39 is 9.84 Å². The minimum Gasteiger partial charge on any atom is -0.265 e. The van der Waals surface area contributed by atoms with Crippen LogP contribution in [0.2, 0.25) is 0 Å². The van der Waals surface area contributed by atoms with Crippen LogP contribution in [-0.2, 0) is 9.84 Å². The summed E-state index contributed by atoms with van der Waals surface area (Å²) >= 11 is 0. The van der Waals surface area contributed by atoms with Crippen LogP contribution in [0.1, 0.15) is 24.0 Å². The highest BCUT2D eigenvalue weighted by atomic mass is 32.2. The fourth-order valence-corrected chi connectivity index (χ4v) is 3.73. The van der Waals surface area contributed by atoms with Gasteiger partial charge >= 0.3 is 0 Å². The van der Waals surface area contributed by atoms with Crippen molar-refractivity contribution >= 4 is 21.0 Å². The Balaban J connectivity index is 1.77. The van der Waals surface area contributed by atoms with Crippen LogP contribution in [0.15, 0.2) is 65.8 Å². The molecule has 1 aromatic heterocycles. The van der Waals surface area contributed by atoms with Gasteiger partial charge in [0, 0.05) is 24.1 Å². The molecule has 0 aliphatic heterocycles. The van der Waals surface area contributed by atoms with Gasteiger partial charge in [-0.1, -0.05) is 24.3 Å². The van der Waals surface area contributed by atoms with E-state index in [1.165, 1.54) is 30.2 Å². The predicted molar refractivity (Wildman–Crippen MR) is 91.4 cm³/mol. The summed E-state index contributed by atoms with van der Waals surface area (Å²) in [7, 11) is -3.16. The predicted octanol–water partition coefficient (Wildman–Crippen LogP) is 3.75. The lowest BCUT2D eigenvalue weighted by Crippen LogP contribution is -1.97. The van der Waals surface area contributed by atoms with Crippen molar-refractivity contribution in [2.45, 2.75) is 17.7 Å². The zero-order valence-electron chi connectivity index (χ0n) is 12.9. The number of nitrogens with zero attached hydrogens (tertiary/aromatic N) is 1. The number of allylic oxidation sites excluding steroid dienone is 4. The van der Waals surface area contributed by atoms with Crippen molar-refractivity contribution in [3.05, 3.63) is 72.1 Å². The van der Waals surface area contributed by atoms with Gasteiger partial charge in [0.05, 0.1) is 4.90 Å². The molecule has 0 amide bonds. The Bertz CT molecular complexity index is 919. The SMILES string of the molecule is CS(=O)(=O)c1ccc(C2=CC3(C=C2c2ccncc2)CC3)cc1. The Hall–Kier alpha value is -2.20. The van der Waals surface area contributed by atoms with Crippen molar-refractivity contribution in [3.8, 4) is 0 Å². The van der Waals surface area contributed by atoms with E-state index in [2.05, 4.69) is 17.1 Å². The van der Waals surface area contributed by atoms with Crippen LogP contribution in [0.5, 0.6) is 0 Å². The molecule has 2 aliphatic rings. The molecular weight excluding hydrogens is 306 g/mol. The number of hydrogen-bond donors (Lipinski definition) is 0. The van der Waals surface area contributed by atoms with Gasteiger partial charge in [0.2, 0.25) is 0 Å². The first-order chi connectivity index (χ1) is 11.0. The highest BCUT2D eigenvalue weighted by Gasteiger charge is 2.43. The molecule has 0 atom stereocenters. The third kappa shape index (κ3) is 2.63. The van der Waals surface area contributed by atoms with Crippen LogP contribution in [-0.4, -0.2) is 19.7 Å². The average Bonchev–Trinajstić information content (AvgIpc) is 3.18. The fraction of sp³-hybridized carbons (Fsp3) is 0.211. The second-order valence-corrected chi connectivity index (χ2v) is 8.40. The molecule has 1 fully saturated rings. The molecule has 0 saturated heterocycles. The summed E-state index contributed by atoms with van der Waals surface area (Å²) in [6, 6.07) is 11.2. The van der Waals surface area contributed by atoms with Gasteiger partial charge in [0.1, 0.15) is 0 Å². The number of benzene rings is 1. The van der Waals surface area contributed by atoms with E-state index >= 15 is 0 Å². The highest BCUT2D eigenvalue weighted by Crippen LogP contribution is 2.57. The van der Waals surface area contributed by atoms with Crippen LogP contribution >= 0.6 is 0 Å². The largest absolute Gasteiger partial charge is 0.265 e. The summed E-state index contributed by atoms with van der Waals surface area (Å²) < 4.78 is 23.3. The molecular formula is C19H17NO2S. The maximum atomic E-state index is 11.6. The zero-order valence-corrected chi connectivity index (χ0v) is 13.7. The van der Waals surface area contributed by atoms with Gasteiger partial charge in [-0.15, -0.1) is 0 Å². The van der Waals surface area contributed by atoms with Crippen molar-refractivity contribution in [2.75, 3.05) is 6.26 Å². The molecule has 0 radical (unpaired) electrons. The quantitative estimate of drug-likeness (QED) is 0.864. The zero-order chi connectivity index (χ0) is 16.1. The van der Waals surface area contributed by atoms with E-state index in [-0.39, 0.29) is 5.41 Å². The Morgan fingerprint density at radius 3 is 1.87 bits per heavy atom. The van der Waals surface area contributed by atoms with Crippen LogP contribution in [0.25, 0.3) is 11.1 Å². The standard InChI is InChI=1S/C19H17NO2S/c1-23(21,22)16-4-2-14(3-5-16)17-12-19(8-9-19)13-18(17)15-6-10-20-11-7-15/h2-7,10-13H,8-9H2,1H3. The summed E-state index contributed by atoms with van der Waals surface area (Å²) in [5.74, 6) is 0. The first-order valence-electron chi connectivity index (χ1n) is 7.64. The summed E-state index contributed by atoms with van der Waals surface area (Å²) in [6.45, 7) is 0. The molecule has 0 N–H and O–H groups in total. The number of rotatable bonds is 3. The minimum absolute atomic E-state index is 0.212. The summed E-state index contributed by atoms with van der Waals surface area (Å²) in [6.07, 6.45) is 11.9. The van der Waals surface area contributed by atoms with E-state index in [9.17, 15) is 8.42 Å². The molecule has 0 unspecified atom stereocenters. The van der Waals surface area contributed by atoms with E-state index in [0.717, 1.165) is 11.1 Å². The van der Waals surface area contributed by atoms with E-state index in [1.54, 1.807) is 24.5 Å². The Labute approximate surface area is 136 Å². The number of aromatic nitrogens is 1.